The number of nitrogens with zero attached hydrogens (tertiary/aromatic N) is 3. The van der Waals surface area contributed by atoms with Gasteiger partial charge in [0.2, 0.25) is 0 Å². The van der Waals surface area contributed by atoms with Crippen molar-refractivity contribution in [2.24, 2.45) is 5.10 Å². The number of carboxylic acid groups (broad SMARTS) is 1. The number of carbonyl (C=O) groups is 2. The summed E-state index contributed by atoms with van der Waals surface area (Å²) in [6.45, 7) is -0.374. The lowest BCUT2D eigenvalue weighted by molar-refractivity contribution is -0.137. The summed E-state index contributed by atoms with van der Waals surface area (Å²) in [4.78, 5) is 27.5. The molecule has 0 unspecified atom stereocenters. The molecule has 8 nitrogen and oxygen atoms in total. The molecular weight excluding hydrogens is 384 g/mol. The molecule has 2 heterocycles. The Balaban J connectivity index is 1.42. The number of carbonyl (C=O) groups excluding carboxylic acids is 1. The van der Waals surface area contributed by atoms with Gasteiger partial charge in [0.25, 0.3) is 5.91 Å². The first kappa shape index (κ1) is 19.1. The molecule has 0 fully saturated rings. The Labute approximate surface area is 171 Å². The molecule has 0 radical (unpaired) electrons. The third-order valence-corrected chi connectivity index (χ3v) is 4.47. The smallest absolute Gasteiger partial charge is 0.323 e. The van der Waals surface area contributed by atoms with Crippen LogP contribution in [0.4, 0.5) is 0 Å². The first-order chi connectivity index (χ1) is 14.6. The molecule has 150 valence electrons. The van der Waals surface area contributed by atoms with Crippen molar-refractivity contribution in [3.8, 4) is 5.75 Å². The van der Waals surface area contributed by atoms with Gasteiger partial charge in [-0.1, -0.05) is 36.4 Å². The third-order valence-electron chi connectivity index (χ3n) is 4.47. The molecule has 2 aromatic carbocycles. The van der Waals surface area contributed by atoms with Crippen molar-refractivity contribution in [3.05, 3.63) is 72.6 Å². The maximum absolute atomic E-state index is 12.1. The number of rotatable bonds is 7. The van der Waals surface area contributed by atoms with Crippen molar-refractivity contribution < 1.29 is 19.4 Å². The first-order valence-electron chi connectivity index (χ1n) is 9.20. The molecule has 0 aliphatic heterocycles. The molecule has 0 saturated carbocycles. The summed E-state index contributed by atoms with van der Waals surface area (Å²) < 4.78 is 7.21. The number of hydrogen-bond donors (Lipinski definition) is 2. The topological polar surface area (TPSA) is 106 Å². The zero-order chi connectivity index (χ0) is 20.9. The molecule has 4 rings (SSSR count). The highest BCUT2D eigenvalue weighted by atomic mass is 16.5. The molecule has 0 atom stereocenters. The minimum absolute atomic E-state index is 0.159. The summed E-state index contributed by atoms with van der Waals surface area (Å²) >= 11 is 0. The predicted octanol–water partition coefficient (Wildman–Crippen LogP) is 2.80. The molecule has 4 aromatic rings. The highest BCUT2D eigenvalue weighted by molar-refractivity contribution is 6.00. The molecule has 0 aliphatic rings. The Morgan fingerprint density at radius 2 is 1.97 bits per heavy atom. The molecule has 0 aliphatic carbocycles. The summed E-state index contributed by atoms with van der Waals surface area (Å²) in [5.74, 6) is -0.843. The van der Waals surface area contributed by atoms with E-state index < -0.39 is 11.9 Å². The fourth-order valence-corrected chi connectivity index (χ4v) is 3.20. The van der Waals surface area contributed by atoms with E-state index in [1.165, 1.54) is 6.21 Å². The van der Waals surface area contributed by atoms with Crippen LogP contribution >= 0.6 is 0 Å². The summed E-state index contributed by atoms with van der Waals surface area (Å²) in [6.07, 6.45) is 4.84. The Kier molecular flexibility index (Phi) is 5.38. The Bertz CT molecular complexity index is 1260. The maximum atomic E-state index is 12.1. The van der Waals surface area contributed by atoms with E-state index in [9.17, 15) is 9.59 Å². The van der Waals surface area contributed by atoms with Gasteiger partial charge in [-0.25, -0.2) is 5.43 Å². The van der Waals surface area contributed by atoms with Gasteiger partial charge in [-0.05, 0) is 18.2 Å². The van der Waals surface area contributed by atoms with Crippen molar-refractivity contribution in [2.45, 2.75) is 6.54 Å². The van der Waals surface area contributed by atoms with Crippen molar-refractivity contribution >= 4 is 39.9 Å². The second-order valence-corrected chi connectivity index (χ2v) is 6.54. The zero-order valence-corrected chi connectivity index (χ0v) is 15.9. The van der Waals surface area contributed by atoms with Crippen LogP contribution in [0.5, 0.6) is 5.75 Å². The predicted molar refractivity (Wildman–Crippen MR) is 113 cm³/mol. The highest BCUT2D eigenvalue weighted by Crippen LogP contribution is 2.23. The number of carboxylic acids is 1. The summed E-state index contributed by atoms with van der Waals surface area (Å²) in [5.41, 5.74) is 4.58. The van der Waals surface area contributed by atoms with E-state index in [4.69, 9.17) is 9.84 Å². The van der Waals surface area contributed by atoms with Crippen LogP contribution in [0.15, 0.2) is 72.1 Å². The van der Waals surface area contributed by atoms with E-state index in [2.05, 4.69) is 15.5 Å². The first-order valence-corrected chi connectivity index (χ1v) is 9.20. The lowest BCUT2D eigenvalue weighted by Gasteiger charge is -2.07. The lowest BCUT2D eigenvalue weighted by Crippen LogP contribution is -2.24. The Morgan fingerprint density at radius 1 is 1.13 bits per heavy atom. The van der Waals surface area contributed by atoms with Crippen molar-refractivity contribution in [1.29, 1.82) is 0 Å². The normalized spacial score (nSPS) is 11.2. The minimum atomic E-state index is -0.937. The number of aliphatic carboxylic acids is 1. The van der Waals surface area contributed by atoms with E-state index in [0.717, 1.165) is 16.3 Å². The average Bonchev–Trinajstić information content (AvgIpc) is 3.09. The van der Waals surface area contributed by atoms with Crippen LogP contribution in [-0.4, -0.2) is 39.4 Å². The zero-order valence-electron chi connectivity index (χ0n) is 15.9. The van der Waals surface area contributed by atoms with Gasteiger partial charge < -0.3 is 14.4 Å². The van der Waals surface area contributed by atoms with Gasteiger partial charge in [-0.3, -0.25) is 14.6 Å². The highest BCUT2D eigenvalue weighted by Gasteiger charge is 2.09. The molecule has 2 aromatic heterocycles. The fraction of sp³-hybridized carbons (Fsp3) is 0.0909. The van der Waals surface area contributed by atoms with E-state index in [1.807, 2.05) is 48.5 Å². The minimum Gasteiger partial charge on any atom is -0.481 e. The van der Waals surface area contributed by atoms with Crippen LogP contribution < -0.4 is 10.2 Å². The van der Waals surface area contributed by atoms with Crippen molar-refractivity contribution in [1.82, 2.24) is 15.0 Å². The standard InChI is InChI=1S/C22H18N4O4/c27-20(14-30-19-9-3-5-15-6-4-10-23-22(15)19)25-24-11-16-12-26(13-21(28)29)18-8-2-1-7-17(16)18/h1-12H,13-14H2,(H,25,27)(H,28,29)/b24-11+. The number of hydrogen-bond acceptors (Lipinski definition) is 5. The Morgan fingerprint density at radius 3 is 2.83 bits per heavy atom. The van der Waals surface area contributed by atoms with Crippen LogP contribution in [0, 0.1) is 0 Å². The molecule has 0 saturated heterocycles. The molecule has 2 N–H and O–H groups in total. The largest absolute Gasteiger partial charge is 0.481 e. The van der Waals surface area contributed by atoms with Gasteiger partial charge in [-0.2, -0.15) is 5.10 Å². The summed E-state index contributed by atoms with van der Waals surface area (Å²) in [7, 11) is 0. The lowest BCUT2D eigenvalue weighted by atomic mass is 10.2. The quantitative estimate of drug-likeness (QED) is 0.365. The fourth-order valence-electron chi connectivity index (χ4n) is 3.20. The van der Waals surface area contributed by atoms with E-state index in [0.29, 0.717) is 16.8 Å². The van der Waals surface area contributed by atoms with E-state index in [1.54, 1.807) is 23.0 Å². The second-order valence-electron chi connectivity index (χ2n) is 6.54. The molecule has 0 spiro atoms. The SMILES string of the molecule is O=C(O)Cn1cc(/C=N/NC(=O)COc2cccc3cccnc23)c2ccccc21. The van der Waals surface area contributed by atoms with Gasteiger partial charge in [0, 0.05) is 34.2 Å². The number of ether oxygens (including phenoxy) is 1. The number of benzene rings is 2. The number of nitrogens with one attached hydrogen (secondary N) is 1. The van der Waals surface area contributed by atoms with Gasteiger partial charge in [0.1, 0.15) is 17.8 Å². The number of fused-ring (bicyclic) bond motifs is 2. The van der Waals surface area contributed by atoms with Crippen LogP contribution in [0.25, 0.3) is 21.8 Å². The van der Waals surface area contributed by atoms with Crippen LogP contribution in [0.2, 0.25) is 0 Å². The molecule has 8 heteroatoms. The van der Waals surface area contributed by atoms with Crippen molar-refractivity contribution in [2.75, 3.05) is 6.61 Å². The molecule has 1 amide bonds. The Hall–Kier alpha value is -4.20. The van der Waals surface area contributed by atoms with E-state index >= 15 is 0 Å². The molecule has 30 heavy (non-hydrogen) atoms. The van der Waals surface area contributed by atoms with Crippen LogP contribution in [0.1, 0.15) is 5.56 Å². The second kappa shape index (κ2) is 8.44. The van der Waals surface area contributed by atoms with E-state index in [-0.39, 0.29) is 13.2 Å². The van der Waals surface area contributed by atoms with Gasteiger partial charge in [-0.15, -0.1) is 0 Å². The molecule has 0 bridgehead atoms. The van der Waals surface area contributed by atoms with Gasteiger partial charge in [0.05, 0.1) is 6.21 Å². The number of pyridine rings is 1. The van der Waals surface area contributed by atoms with Gasteiger partial charge >= 0.3 is 5.97 Å². The number of aromatic nitrogens is 2. The molecular formula is C22H18N4O4. The number of hydrazone groups is 1. The van der Waals surface area contributed by atoms with Crippen LogP contribution in [0.3, 0.4) is 0 Å². The summed E-state index contributed by atoms with van der Waals surface area (Å²) in [5, 5.41) is 14.8. The third kappa shape index (κ3) is 4.12. The maximum Gasteiger partial charge on any atom is 0.323 e. The number of amides is 1. The van der Waals surface area contributed by atoms with Crippen LogP contribution in [-0.2, 0) is 16.1 Å². The average molecular weight is 402 g/mol. The van der Waals surface area contributed by atoms with Gasteiger partial charge in [0.15, 0.2) is 6.61 Å². The number of para-hydroxylation sites is 2. The monoisotopic (exact) mass is 402 g/mol. The summed E-state index contributed by atoms with van der Waals surface area (Å²) in [6, 6.07) is 16.7. The van der Waals surface area contributed by atoms with Crippen molar-refractivity contribution in [3.63, 3.8) is 0 Å².